The molecule has 3 unspecified atom stereocenters. The predicted octanol–water partition coefficient (Wildman–Crippen LogP) is 5.22. The van der Waals surface area contributed by atoms with Crippen LogP contribution in [0.4, 0.5) is 0 Å². The number of rotatable bonds is 8. The molecule has 0 amide bonds. The van der Waals surface area contributed by atoms with Crippen molar-refractivity contribution in [2.24, 2.45) is 11.8 Å². The molecule has 32 heavy (non-hydrogen) atoms. The Morgan fingerprint density at radius 2 is 1.81 bits per heavy atom. The zero-order valence-electron chi connectivity index (χ0n) is 20.3. The summed E-state index contributed by atoms with van der Waals surface area (Å²) in [5.74, 6) is -0.200. The van der Waals surface area contributed by atoms with Gasteiger partial charge in [0.1, 0.15) is 5.41 Å². The lowest BCUT2D eigenvalue weighted by Gasteiger charge is -2.42. The van der Waals surface area contributed by atoms with Crippen LogP contribution in [0.15, 0.2) is 48.5 Å². The van der Waals surface area contributed by atoms with Crippen molar-refractivity contribution in [3.63, 3.8) is 0 Å². The fourth-order valence-electron chi connectivity index (χ4n) is 5.25. The summed E-state index contributed by atoms with van der Waals surface area (Å²) in [5, 5.41) is 22.1. The largest absolute Gasteiger partial charge is 0.480 e. The quantitative estimate of drug-likeness (QED) is 0.595. The molecular weight excluding hydrogens is 398 g/mol. The highest BCUT2D eigenvalue weighted by Gasteiger charge is 2.43. The summed E-state index contributed by atoms with van der Waals surface area (Å²) in [6.45, 7) is 6.95. The molecule has 4 heteroatoms. The molecule has 0 spiro atoms. The fourth-order valence-corrected chi connectivity index (χ4v) is 5.25. The van der Waals surface area contributed by atoms with Gasteiger partial charge in [0.05, 0.1) is 5.60 Å². The van der Waals surface area contributed by atoms with E-state index in [1.807, 2.05) is 62.6 Å². The second kappa shape index (κ2) is 9.76. The Balaban J connectivity index is 2.02. The van der Waals surface area contributed by atoms with Crippen molar-refractivity contribution < 1.29 is 15.0 Å². The second-order valence-electron chi connectivity index (χ2n) is 10.4. The van der Waals surface area contributed by atoms with Crippen LogP contribution < -0.4 is 0 Å². The maximum Gasteiger partial charge on any atom is 0.318 e. The van der Waals surface area contributed by atoms with E-state index < -0.39 is 17.0 Å². The third kappa shape index (κ3) is 4.92. The van der Waals surface area contributed by atoms with Gasteiger partial charge in [0.25, 0.3) is 0 Å². The van der Waals surface area contributed by atoms with Gasteiger partial charge in [-0.3, -0.25) is 4.79 Å². The molecule has 0 bridgehead atoms. The number of aliphatic hydroxyl groups is 1. The predicted molar refractivity (Wildman–Crippen MR) is 130 cm³/mol. The fraction of sp³-hybridized carbons (Fsp3) is 0.536. The van der Waals surface area contributed by atoms with Crippen LogP contribution in [0.5, 0.6) is 0 Å². The monoisotopic (exact) mass is 437 g/mol. The van der Waals surface area contributed by atoms with E-state index in [1.54, 1.807) is 6.92 Å². The smallest absolute Gasteiger partial charge is 0.318 e. The average molecular weight is 438 g/mol. The number of hydrogen-bond acceptors (Lipinski definition) is 3. The molecule has 4 nitrogen and oxygen atoms in total. The summed E-state index contributed by atoms with van der Waals surface area (Å²) in [4.78, 5) is 14.7. The molecule has 0 aliphatic heterocycles. The van der Waals surface area contributed by atoms with E-state index in [2.05, 4.69) is 18.7 Å². The van der Waals surface area contributed by atoms with Crippen LogP contribution in [-0.2, 0) is 22.2 Å². The molecule has 0 saturated heterocycles. The lowest BCUT2D eigenvalue weighted by atomic mass is 9.69. The highest BCUT2D eigenvalue weighted by Crippen LogP contribution is 2.43. The molecule has 0 aromatic heterocycles. The van der Waals surface area contributed by atoms with Crippen LogP contribution >= 0.6 is 0 Å². The third-order valence-electron chi connectivity index (χ3n) is 7.16. The van der Waals surface area contributed by atoms with Gasteiger partial charge in [0.2, 0.25) is 0 Å². The van der Waals surface area contributed by atoms with Gasteiger partial charge in [-0.2, -0.15) is 0 Å². The van der Waals surface area contributed by atoms with Crippen molar-refractivity contribution in [3.8, 4) is 0 Å². The summed E-state index contributed by atoms with van der Waals surface area (Å²) in [5.41, 5.74) is 1.41. The minimum Gasteiger partial charge on any atom is -0.480 e. The second-order valence-corrected chi connectivity index (χ2v) is 10.4. The number of carboxylic acids is 1. The van der Waals surface area contributed by atoms with Crippen molar-refractivity contribution >= 4 is 5.97 Å². The van der Waals surface area contributed by atoms with E-state index in [4.69, 9.17) is 0 Å². The molecule has 1 fully saturated rings. The van der Waals surface area contributed by atoms with Gasteiger partial charge in [-0.15, -0.1) is 0 Å². The van der Waals surface area contributed by atoms with E-state index in [0.717, 1.165) is 43.4 Å². The van der Waals surface area contributed by atoms with E-state index in [1.165, 1.54) is 5.56 Å². The molecule has 2 aromatic rings. The van der Waals surface area contributed by atoms with Gasteiger partial charge >= 0.3 is 5.97 Å². The van der Waals surface area contributed by atoms with Crippen molar-refractivity contribution in [1.82, 2.24) is 4.90 Å². The van der Waals surface area contributed by atoms with Gasteiger partial charge in [0.15, 0.2) is 0 Å². The molecule has 1 saturated carbocycles. The Bertz CT molecular complexity index is 921. The highest BCUT2D eigenvalue weighted by molar-refractivity contribution is 5.85. The Morgan fingerprint density at radius 1 is 1.12 bits per heavy atom. The molecule has 2 aromatic carbocycles. The van der Waals surface area contributed by atoms with Crippen molar-refractivity contribution in [1.29, 1.82) is 0 Å². The minimum atomic E-state index is -1.19. The van der Waals surface area contributed by atoms with Crippen LogP contribution in [0.2, 0.25) is 0 Å². The number of nitrogens with zero attached hydrogens (tertiary/aromatic N) is 1. The normalized spacial score (nSPS) is 23.3. The molecule has 3 rings (SSSR count). The molecule has 174 valence electrons. The van der Waals surface area contributed by atoms with Crippen LogP contribution in [0, 0.1) is 11.8 Å². The summed E-state index contributed by atoms with van der Waals surface area (Å²) in [6.07, 6.45) is 4.77. The molecule has 1 aliphatic rings. The highest BCUT2D eigenvalue weighted by atomic mass is 16.4. The van der Waals surface area contributed by atoms with E-state index in [0.29, 0.717) is 17.9 Å². The first-order valence-corrected chi connectivity index (χ1v) is 11.9. The zero-order valence-corrected chi connectivity index (χ0v) is 20.3. The van der Waals surface area contributed by atoms with Gasteiger partial charge in [-0.25, -0.2) is 0 Å². The van der Waals surface area contributed by atoms with Crippen LogP contribution in [0.1, 0.15) is 68.7 Å². The molecule has 3 atom stereocenters. The Hall–Kier alpha value is -2.17. The topological polar surface area (TPSA) is 60.8 Å². The minimum absolute atomic E-state index is 0.132. The zero-order chi connectivity index (χ0) is 23.5. The summed E-state index contributed by atoms with van der Waals surface area (Å²) >= 11 is 0. The van der Waals surface area contributed by atoms with Gasteiger partial charge in [0, 0.05) is 12.5 Å². The Labute approximate surface area is 193 Å². The van der Waals surface area contributed by atoms with Crippen molar-refractivity contribution in [3.05, 3.63) is 70.8 Å². The summed E-state index contributed by atoms with van der Waals surface area (Å²) in [6, 6.07) is 15.7. The van der Waals surface area contributed by atoms with E-state index >= 15 is 0 Å². The van der Waals surface area contributed by atoms with Crippen LogP contribution in [0.25, 0.3) is 0 Å². The van der Waals surface area contributed by atoms with E-state index in [9.17, 15) is 15.0 Å². The number of hydrogen-bond donors (Lipinski definition) is 2. The summed E-state index contributed by atoms with van der Waals surface area (Å²) in [7, 11) is 4.08. The van der Waals surface area contributed by atoms with Gasteiger partial charge in [-0.05, 0) is 68.5 Å². The third-order valence-corrected chi connectivity index (χ3v) is 7.16. The number of carboxylic acid groups (broad SMARTS) is 1. The molecule has 0 heterocycles. The van der Waals surface area contributed by atoms with Crippen LogP contribution in [-0.4, -0.2) is 41.7 Å². The first kappa shape index (κ1) is 24.5. The number of aliphatic carboxylic acids is 1. The maximum absolute atomic E-state index is 12.6. The van der Waals surface area contributed by atoms with Crippen LogP contribution in [0.3, 0.4) is 0 Å². The first-order chi connectivity index (χ1) is 15.1. The lowest BCUT2D eigenvalue weighted by Crippen LogP contribution is -2.43. The molecular formula is C28H39NO3. The number of carbonyl (C=O) groups is 1. The van der Waals surface area contributed by atoms with Crippen molar-refractivity contribution in [2.45, 2.75) is 63.9 Å². The average Bonchev–Trinajstić information content (AvgIpc) is 2.74. The Morgan fingerprint density at radius 3 is 2.41 bits per heavy atom. The lowest BCUT2D eigenvalue weighted by molar-refractivity contribution is -0.141. The Kier molecular flexibility index (Phi) is 7.46. The standard InChI is InChI=1S/C28H39NO3/c1-20(2)17-21-12-14-22(15-13-21)27(3,26(30)31)23-10-8-11-24(18-23)28(32)16-7-6-9-25(28)19-29(4)5/h8,10-15,18,20,25,32H,6-7,9,16-17,19H2,1-5H3,(H,30,31). The maximum atomic E-state index is 12.6. The molecule has 2 N–H and O–H groups in total. The van der Waals surface area contributed by atoms with Gasteiger partial charge in [-0.1, -0.05) is 75.2 Å². The molecule has 0 radical (unpaired) electrons. The van der Waals surface area contributed by atoms with E-state index in [-0.39, 0.29) is 5.92 Å². The SMILES string of the molecule is CC(C)Cc1ccc(C(C)(C(=O)O)c2cccc(C3(O)CCCCC3CN(C)C)c2)cc1. The summed E-state index contributed by atoms with van der Waals surface area (Å²) < 4.78 is 0. The van der Waals surface area contributed by atoms with Crippen molar-refractivity contribution in [2.75, 3.05) is 20.6 Å². The molecule has 1 aliphatic carbocycles. The number of benzene rings is 2. The first-order valence-electron chi connectivity index (χ1n) is 11.9. The van der Waals surface area contributed by atoms with Gasteiger partial charge < -0.3 is 15.1 Å².